The van der Waals surface area contributed by atoms with E-state index in [-0.39, 0.29) is 12.0 Å². The van der Waals surface area contributed by atoms with Gasteiger partial charge in [0.1, 0.15) is 0 Å². The van der Waals surface area contributed by atoms with E-state index in [1.165, 1.54) is 5.56 Å². The molecule has 1 aliphatic heterocycles. The molecule has 1 aromatic carbocycles. The molecule has 0 aliphatic carbocycles. The van der Waals surface area contributed by atoms with Crippen LogP contribution in [-0.4, -0.2) is 36.2 Å². The predicted octanol–water partition coefficient (Wildman–Crippen LogP) is 0.830. The Balaban J connectivity index is 1.95. The topological polar surface area (TPSA) is 49.5 Å². The van der Waals surface area contributed by atoms with Gasteiger partial charge in [0.15, 0.2) is 0 Å². The highest BCUT2D eigenvalue weighted by Gasteiger charge is 2.36. The molecule has 3 heteroatoms. The Morgan fingerprint density at radius 2 is 2.06 bits per heavy atom. The lowest BCUT2D eigenvalue weighted by Crippen LogP contribution is -2.37. The normalized spacial score (nSPS) is 26.1. The second-order valence-electron chi connectivity index (χ2n) is 4.81. The number of nitrogens with zero attached hydrogens (tertiary/aromatic N) is 1. The maximum atomic E-state index is 9.39. The Labute approximate surface area is 96.9 Å². The van der Waals surface area contributed by atoms with Crippen LogP contribution in [0.3, 0.4) is 0 Å². The Morgan fingerprint density at radius 3 is 2.62 bits per heavy atom. The molecular weight excluding hydrogens is 200 g/mol. The Hall–Kier alpha value is -0.900. The quantitative estimate of drug-likeness (QED) is 0.790. The Kier molecular flexibility index (Phi) is 3.59. The van der Waals surface area contributed by atoms with Crippen LogP contribution in [0, 0.1) is 5.41 Å². The van der Waals surface area contributed by atoms with Crippen molar-refractivity contribution in [2.75, 3.05) is 26.2 Å². The van der Waals surface area contributed by atoms with Crippen LogP contribution in [0.2, 0.25) is 0 Å². The molecule has 0 radical (unpaired) electrons. The fraction of sp³-hybridized carbons (Fsp3) is 0.538. The van der Waals surface area contributed by atoms with Crippen molar-refractivity contribution in [2.24, 2.45) is 11.1 Å². The summed E-state index contributed by atoms with van der Waals surface area (Å²) in [5.41, 5.74) is 7.01. The first-order valence-electron chi connectivity index (χ1n) is 5.85. The van der Waals surface area contributed by atoms with Gasteiger partial charge < -0.3 is 10.8 Å². The molecule has 0 aromatic heterocycles. The summed E-state index contributed by atoms with van der Waals surface area (Å²) in [5.74, 6) is 0. The molecule has 1 saturated heterocycles. The van der Waals surface area contributed by atoms with Crippen molar-refractivity contribution < 1.29 is 5.11 Å². The third kappa shape index (κ3) is 2.43. The molecule has 1 aromatic rings. The SMILES string of the molecule is NCC1(CO)CCN(Cc2ccccc2)C1. The molecule has 88 valence electrons. The van der Waals surface area contributed by atoms with Crippen molar-refractivity contribution in [1.82, 2.24) is 4.90 Å². The van der Waals surface area contributed by atoms with E-state index in [1.54, 1.807) is 0 Å². The summed E-state index contributed by atoms with van der Waals surface area (Å²) in [6.45, 7) is 3.69. The van der Waals surface area contributed by atoms with E-state index in [1.807, 2.05) is 6.07 Å². The van der Waals surface area contributed by atoms with Gasteiger partial charge in [-0.15, -0.1) is 0 Å². The largest absolute Gasteiger partial charge is 0.396 e. The van der Waals surface area contributed by atoms with Crippen molar-refractivity contribution in [3.05, 3.63) is 35.9 Å². The van der Waals surface area contributed by atoms with Crippen LogP contribution >= 0.6 is 0 Å². The zero-order chi connectivity index (χ0) is 11.4. The van der Waals surface area contributed by atoms with E-state index in [2.05, 4.69) is 29.2 Å². The van der Waals surface area contributed by atoms with Crippen molar-refractivity contribution in [3.63, 3.8) is 0 Å². The summed E-state index contributed by atoms with van der Waals surface area (Å²) < 4.78 is 0. The lowest BCUT2D eigenvalue weighted by molar-refractivity contribution is 0.134. The highest BCUT2D eigenvalue weighted by Crippen LogP contribution is 2.29. The molecule has 2 rings (SSSR count). The van der Waals surface area contributed by atoms with Crippen LogP contribution in [-0.2, 0) is 6.54 Å². The highest BCUT2D eigenvalue weighted by molar-refractivity contribution is 5.14. The smallest absolute Gasteiger partial charge is 0.0512 e. The minimum Gasteiger partial charge on any atom is -0.396 e. The van der Waals surface area contributed by atoms with Gasteiger partial charge in [-0.3, -0.25) is 4.90 Å². The number of aliphatic hydroxyl groups excluding tert-OH is 1. The summed E-state index contributed by atoms with van der Waals surface area (Å²) in [6, 6.07) is 10.4. The summed E-state index contributed by atoms with van der Waals surface area (Å²) in [4.78, 5) is 2.37. The van der Waals surface area contributed by atoms with Crippen LogP contribution in [0.1, 0.15) is 12.0 Å². The van der Waals surface area contributed by atoms with Gasteiger partial charge >= 0.3 is 0 Å². The van der Waals surface area contributed by atoms with Gasteiger partial charge in [0, 0.05) is 25.0 Å². The van der Waals surface area contributed by atoms with Gasteiger partial charge in [0.25, 0.3) is 0 Å². The Morgan fingerprint density at radius 1 is 1.31 bits per heavy atom. The maximum absolute atomic E-state index is 9.39. The standard InChI is InChI=1S/C13H20N2O/c14-9-13(11-16)6-7-15(10-13)8-12-4-2-1-3-5-12/h1-5,16H,6-11,14H2. The number of rotatable bonds is 4. The van der Waals surface area contributed by atoms with Crippen LogP contribution < -0.4 is 5.73 Å². The minimum absolute atomic E-state index is 0.0607. The number of benzene rings is 1. The lowest BCUT2D eigenvalue weighted by Gasteiger charge is -2.25. The fourth-order valence-electron chi connectivity index (χ4n) is 2.36. The first kappa shape index (κ1) is 11.6. The second-order valence-corrected chi connectivity index (χ2v) is 4.81. The average Bonchev–Trinajstić information content (AvgIpc) is 2.75. The molecule has 1 heterocycles. The van der Waals surface area contributed by atoms with E-state index >= 15 is 0 Å². The summed E-state index contributed by atoms with van der Waals surface area (Å²) in [7, 11) is 0. The molecule has 1 unspecified atom stereocenters. The highest BCUT2D eigenvalue weighted by atomic mass is 16.3. The van der Waals surface area contributed by atoms with Gasteiger partial charge in [0.2, 0.25) is 0 Å². The van der Waals surface area contributed by atoms with E-state index in [9.17, 15) is 5.11 Å². The molecule has 1 fully saturated rings. The molecule has 3 N–H and O–H groups in total. The molecule has 1 atom stereocenters. The zero-order valence-corrected chi connectivity index (χ0v) is 9.60. The van der Waals surface area contributed by atoms with Crippen molar-refractivity contribution in [1.29, 1.82) is 0 Å². The predicted molar refractivity (Wildman–Crippen MR) is 64.9 cm³/mol. The van der Waals surface area contributed by atoms with Crippen LogP contribution in [0.5, 0.6) is 0 Å². The molecule has 1 aliphatic rings. The van der Waals surface area contributed by atoms with Gasteiger partial charge in [0.05, 0.1) is 6.61 Å². The van der Waals surface area contributed by atoms with Crippen LogP contribution in [0.4, 0.5) is 0 Å². The second kappa shape index (κ2) is 4.95. The molecule has 0 saturated carbocycles. The number of nitrogens with two attached hydrogens (primary N) is 1. The lowest BCUT2D eigenvalue weighted by atomic mass is 9.88. The van der Waals surface area contributed by atoms with Crippen molar-refractivity contribution >= 4 is 0 Å². The number of hydrogen-bond donors (Lipinski definition) is 2. The summed E-state index contributed by atoms with van der Waals surface area (Å²) in [6.07, 6.45) is 1.01. The molecular formula is C13H20N2O. The molecule has 0 amide bonds. The van der Waals surface area contributed by atoms with Gasteiger partial charge in [-0.1, -0.05) is 30.3 Å². The summed E-state index contributed by atoms with van der Waals surface area (Å²) >= 11 is 0. The third-order valence-corrected chi connectivity index (χ3v) is 3.53. The van der Waals surface area contributed by atoms with E-state index in [4.69, 9.17) is 5.73 Å². The van der Waals surface area contributed by atoms with Crippen molar-refractivity contribution in [2.45, 2.75) is 13.0 Å². The number of hydrogen-bond acceptors (Lipinski definition) is 3. The third-order valence-electron chi connectivity index (χ3n) is 3.53. The minimum atomic E-state index is -0.0607. The van der Waals surface area contributed by atoms with Crippen LogP contribution in [0.25, 0.3) is 0 Å². The fourth-order valence-corrected chi connectivity index (χ4v) is 2.36. The average molecular weight is 220 g/mol. The molecule has 0 bridgehead atoms. The van der Waals surface area contributed by atoms with Gasteiger partial charge in [-0.2, -0.15) is 0 Å². The van der Waals surface area contributed by atoms with Crippen LogP contribution in [0.15, 0.2) is 30.3 Å². The van der Waals surface area contributed by atoms with Gasteiger partial charge in [-0.05, 0) is 18.5 Å². The first-order valence-corrected chi connectivity index (χ1v) is 5.85. The van der Waals surface area contributed by atoms with Gasteiger partial charge in [-0.25, -0.2) is 0 Å². The van der Waals surface area contributed by atoms with E-state index < -0.39 is 0 Å². The number of likely N-dealkylation sites (tertiary alicyclic amines) is 1. The first-order chi connectivity index (χ1) is 7.78. The Bertz CT molecular complexity index is 322. The van der Waals surface area contributed by atoms with Crippen molar-refractivity contribution in [3.8, 4) is 0 Å². The van der Waals surface area contributed by atoms with E-state index in [0.29, 0.717) is 6.54 Å². The maximum Gasteiger partial charge on any atom is 0.0512 e. The van der Waals surface area contributed by atoms with E-state index in [0.717, 1.165) is 26.1 Å². The molecule has 3 nitrogen and oxygen atoms in total. The molecule has 16 heavy (non-hydrogen) atoms. The monoisotopic (exact) mass is 220 g/mol. The molecule has 0 spiro atoms. The zero-order valence-electron chi connectivity index (χ0n) is 9.60. The number of aliphatic hydroxyl groups is 1. The summed E-state index contributed by atoms with van der Waals surface area (Å²) in [5, 5.41) is 9.39.